The zero-order valence-electron chi connectivity index (χ0n) is 15.8. The molecule has 4 aromatic rings. The Bertz CT molecular complexity index is 1190. The molecule has 0 radical (unpaired) electrons. The number of carbonyl (C=O) groups excluding carboxylic acids is 2. The van der Waals surface area contributed by atoms with E-state index in [1.54, 1.807) is 30.3 Å². The molecule has 0 unspecified atom stereocenters. The van der Waals surface area contributed by atoms with Crippen molar-refractivity contribution in [3.05, 3.63) is 83.7 Å². The molecule has 0 atom stereocenters. The number of furan rings is 1. The van der Waals surface area contributed by atoms with Crippen LogP contribution in [0.15, 0.2) is 69.6 Å². The Morgan fingerprint density at radius 3 is 2.37 bits per heavy atom. The summed E-state index contributed by atoms with van der Waals surface area (Å²) in [5, 5.41) is 3.78. The van der Waals surface area contributed by atoms with Crippen LogP contribution in [-0.2, 0) is 11.3 Å². The number of ketones is 1. The van der Waals surface area contributed by atoms with Gasteiger partial charge in [0.25, 0.3) is 5.89 Å². The predicted octanol–water partition coefficient (Wildman–Crippen LogP) is 4.70. The molecule has 2 heterocycles. The molecule has 0 saturated carbocycles. The fourth-order valence-electron chi connectivity index (χ4n) is 2.70. The van der Waals surface area contributed by atoms with Gasteiger partial charge in [0.1, 0.15) is 11.6 Å². The van der Waals surface area contributed by atoms with Gasteiger partial charge >= 0.3 is 5.97 Å². The van der Waals surface area contributed by atoms with Crippen LogP contribution < -0.4 is 0 Å². The van der Waals surface area contributed by atoms with Crippen LogP contribution in [-0.4, -0.2) is 21.9 Å². The van der Waals surface area contributed by atoms with Crippen molar-refractivity contribution in [2.24, 2.45) is 0 Å². The summed E-state index contributed by atoms with van der Waals surface area (Å²) < 4.78 is 28.7. The lowest BCUT2D eigenvalue weighted by Crippen LogP contribution is -2.04. The zero-order chi connectivity index (χ0) is 21.1. The normalized spacial score (nSPS) is 10.7. The number of hydrogen-bond acceptors (Lipinski definition) is 7. The average Bonchev–Trinajstić information content (AvgIpc) is 3.43. The van der Waals surface area contributed by atoms with Crippen molar-refractivity contribution in [2.75, 3.05) is 0 Å². The smallest absolute Gasteiger partial charge is 0.374 e. The number of rotatable bonds is 6. The number of ether oxygens (including phenoxy) is 1. The summed E-state index contributed by atoms with van der Waals surface area (Å²) in [6.45, 7) is 1.25. The molecule has 8 heteroatoms. The van der Waals surface area contributed by atoms with Gasteiger partial charge in [-0.2, -0.15) is 4.98 Å². The van der Waals surface area contributed by atoms with E-state index in [0.717, 1.165) is 5.56 Å². The molecule has 0 fully saturated rings. The van der Waals surface area contributed by atoms with Crippen molar-refractivity contribution < 1.29 is 27.7 Å². The fraction of sp³-hybridized carbons (Fsp3) is 0.0909. The maximum Gasteiger partial charge on any atom is 0.374 e. The van der Waals surface area contributed by atoms with Gasteiger partial charge in [-0.3, -0.25) is 4.79 Å². The molecule has 0 spiro atoms. The predicted molar refractivity (Wildman–Crippen MR) is 103 cm³/mol. The maximum absolute atomic E-state index is 13.0. The van der Waals surface area contributed by atoms with E-state index in [1.807, 2.05) is 0 Å². The van der Waals surface area contributed by atoms with E-state index in [1.165, 1.54) is 37.3 Å². The Labute approximate surface area is 170 Å². The van der Waals surface area contributed by atoms with Crippen molar-refractivity contribution in [3.63, 3.8) is 0 Å². The summed E-state index contributed by atoms with van der Waals surface area (Å²) in [4.78, 5) is 27.7. The Balaban J connectivity index is 1.39. The number of aromatic nitrogens is 2. The second-order valence-corrected chi connectivity index (χ2v) is 6.39. The molecule has 0 aliphatic heterocycles. The van der Waals surface area contributed by atoms with Gasteiger partial charge in [0.15, 0.2) is 12.4 Å². The average molecular weight is 406 g/mol. The van der Waals surface area contributed by atoms with E-state index in [4.69, 9.17) is 13.7 Å². The summed E-state index contributed by atoms with van der Waals surface area (Å²) >= 11 is 0. The molecule has 0 amide bonds. The Kier molecular flexibility index (Phi) is 5.21. The largest absolute Gasteiger partial charge is 0.450 e. The van der Waals surface area contributed by atoms with Crippen LogP contribution in [0.3, 0.4) is 0 Å². The number of halogens is 1. The van der Waals surface area contributed by atoms with E-state index in [-0.39, 0.29) is 35.7 Å². The van der Waals surface area contributed by atoms with Gasteiger partial charge in [0.2, 0.25) is 11.6 Å². The third kappa shape index (κ3) is 4.17. The number of hydrogen-bond donors (Lipinski definition) is 0. The first-order valence-electron chi connectivity index (χ1n) is 8.96. The quantitative estimate of drug-likeness (QED) is 0.338. The minimum Gasteiger partial charge on any atom is -0.450 e. The Morgan fingerprint density at radius 1 is 0.967 bits per heavy atom. The van der Waals surface area contributed by atoms with E-state index < -0.39 is 5.97 Å². The highest BCUT2D eigenvalue weighted by Gasteiger charge is 2.16. The molecular formula is C22H15FN2O5. The first kappa shape index (κ1) is 19.3. The van der Waals surface area contributed by atoms with Crippen LogP contribution in [0.1, 0.15) is 33.7 Å². The van der Waals surface area contributed by atoms with Crippen molar-refractivity contribution in [2.45, 2.75) is 13.5 Å². The van der Waals surface area contributed by atoms with Gasteiger partial charge in [-0.25, -0.2) is 9.18 Å². The fourth-order valence-corrected chi connectivity index (χ4v) is 2.70. The SMILES string of the molecule is CC(=O)c1ccc(-c2ccc(C(=O)OCc3nc(-c4ccc(F)cc4)no3)o2)cc1. The van der Waals surface area contributed by atoms with Gasteiger partial charge in [0, 0.05) is 16.7 Å². The van der Waals surface area contributed by atoms with Crippen molar-refractivity contribution in [3.8, 4) is 22.7 Å². The third-order valence-electron chi connectivity index (χ3n) is 4.28. The molecule has 4 rings (SSSR count). The topological polar surface area (TPSA) is 95.4 Å². The van der Waals surface area contributed by atoms with Gasteiger partial charge in [-0.1, -0.05) is 29.4 Å². The number of benzene rings is 2. The van der Waals surface area contributed by atoms with Crippen molar-refractivity contribution in [1.29, 1.82) is 0 Å². The van der Waals surface area contributed by atoms with E-state index in [0.29, 0.717) is 16.9 Å². The summed E-state index contributed by atoms with van der Waals surface area (Å²) in [5.74, 6) is -0.266. The first-order chi connectivity index (χ1) is 14.5. The van der Waals surface area contributed by atoms with Crippen LogP contribution in [0.25, 0.3) is 22.7 Å². The molecular weight excluding hydrogens is 391 g/mol. The number of esters is 1. The summed E-state index contributed by atoms with van der Waals surface area (Å²) in [5.41, 5.74) is 1.88. The molecule has 2 aromatic carbocycles. The summed E-state index contributed by atoms with van der Waals surface area (Å²) in [7, 11) is 0. The van der Waals surface area contributed by atoms with Gasteiger partial charge < -0.3 is 13.7 Å². The monoisotopic (exact) mass is 406 g/mol. The van der Waals surface area contributed by atoms with Crippen molar-refractivity contribution in [1.82, 2.24) is 10.1 Å². The molecule has 0 bridgehead atoms. The summed E-state index contributed by atoms with van der Waals surface area (Å²) in [6.07, 6.45) is 0. The van der Waals surface area contributed by atoms with Crippen LogP contribution in [0.5, 0.6) is 0 Å². The maximum atomic E-state index is 13.0. The lowest BCUT2D eigenvalue weighted by Gasteiger charge is -2.00. The van der Waals surface area contributed by atoms with E-state index in [9.17, 15) is 14.0 Å². The second kappa shape index (κ2) is 8.12. The molecule has 30 heavy (non-hydrogen) atoms. The van der Waals surface area contributed by atoms with Crippen LogP contribution in [0.4, 0.5) is 4.39 Å². The number of Topliss-reactive ketones (excluding diaryl/α,β-unsaturated/α-hetero) is 1. The van der Waals surface area contributed by atoms with Gasteiger partial charge in [-0.15, -0.1) is 0 Å². The van der Waals surface area contributed by atoms with Gasteiger partial charge in [-0.05, 0) is 43.3 Å². The van der Waals surface area contributed by atoms with E-state index >= 15 is 0 Å². The highest BCUT2D eigenvalue weighted by molar-refractivity contribution is 5.94. The highest BCUT2D eigenvalue weighted by atomic mass is 19.1. The summed E-state index contributed by atoms with van der Waals surface area (Å²) in [6, 6.07) is 15.6. The Hall–Kier alpha value is -4.07. The zero-order valence-corrected chi connectivity index (χ0v) is 15.8. The number of nitrogens with zero attached hydrogens (tertiary/aromatic N) is 2. The highest BCUT2D eigenvalue weighted by Crippen LogP contribution is 2.23. The number of carbonyl (C=O) groups is 2. The molecule has 0 N–H and O–H groups in total. The lowest BCUT2D eigenvalue weighted by molar-refractivity contribution is 0.0394. The standard InChI is InChI=1S/C22H15FN2O5/c1-13(26)14-2-4-15(5-3-14)18-10-11-19(29-18)22(27)28-12-20-24-21(25-30-20)16-6-8-17(23)9-7-16/h2-11H,12H2,1H3. The minimum absolute atomic E-state index is 0.0129. The van der Waals surface area contributed by atoms with Gasteiger partial charge in [0.05, 0.1) is 0 Å². The second-order valence-electron chi connectivity index (χ2n) is 6.39. The molecule has 150 valence electrons. The van der Waals surface area contributed by atoms with Crippen LogP contribution >= 0.6 is 0 Å². The molecule has 2 aromatic heterocycles. The molecule has 0 saturated heterocycles. The lowest BCUT2D eigenvalue weighted by atomic mass is 10.1. The molecule has 7 nitrogen and oxygen atoms in total. The molecule has 0 aliphatic rings. The van der Waals surface area contributed by atoms with E-state index in [2.05, 4.69) is 10.1 Å². The molecule has 0 aliphatic carbocycles. The first-order valence-corrected chi connectivity index (χ1v) is 8.96. The third-order valence-corrected chi connectivity index (χ3v) is 4.28. The minimum atomic E-state index is -0.692. The van der Waals surface area contributed by atoms with Crippen molar-refractivity contribution >= 4 is 11.8 Å². The van der Waals surface area contributed by atoms with Crippen LogP contribution in [0.2, 0.25) is 0 Å². The van der Waals surface area contributed by atoms with Crippen LogP contribution in [0, 0.1) is 5.82 Å². The Morgan fingerprint density at radius 2 is 1.67 bits per heavy atom.